The van der Waals surface area contributed by atoms with Crippen LogP contribution >= 0.6 is 0 Å². The summed E-state index contributed by atoms with van der Waals surface area (Å²) in [6.45, 7) is 7.03. The van der Waals surface area contributed by atoms with Crippen LogP contribution in [0, 0.1) is 5.92 Å². The molecule has 2 rings (SSSR count). The molecule has 2 heterocycles. The first-order valence-corrected chi connectivity index (χ1v) is 5.81. The van der Waals surface area contributed by atoms with Crippen molar-refractivity contribution in [2.24, 2.45) is 16.8 Å². The third-order valence-electron chi connectivity index (χ3n) is 2.86. The van der Waals surface area contributed by atoms with Gasteiger partial charge in [-0.05, 0) is 20.8 Å². The molecule has 96 valence electrons. The zero-order valence-corrected chi connectivity index (χ0v) is 10.5. The fourth-order valence-corrected chi connectivity index (χ4v) is 2.07. The Labute approximate surface area is 101 Å². The lowest BCUT2D eigenvalue weighted by atomic mass is 10.0. The minimum absolute atomic E-state index is 0.0546. The quantitative estimate of drug-likeness (QED) is 0.728. The van der Waals surface area contributed by atoms with E-state index in [1.54, 1.807) is 4.90 Å². The van der Waals surface area contributed by atoms with Crippen molar-refractivity contribution in [2.45, 2.75) is 32.5 Å². The molecule has 2 atom stereocenters. The number of ether oxygens (including phenoxy) is 1. The van der Waals surface area contributed by atoms with Crippen LogP contribution in [-0.2, 0) is 9.57 Å². The van der Waals surface area contributed by atoms with E-state index in [0.29, 0.717) is 19.6 Å². The van der Waals surface area contributed by atoms with Gasteiger partial charge >= 0.3 is 6.09 Å². The van der Waals surface area contributed by atoms with Crippen molar-refractivity contribution in [1.82, 2.24) is 4.90 Å². The molecule has 17 heavy (non-hydrogen) atoms. The summed E-state index contributed by atoms with van der Waals surface area (Å²) in [4.78, 5) is 18.8. The fourth-order valence-electron chi connectivity index (χ4n) is 2.07. The predicted octanol–water partition coefficient (Wildman–Crippen LogP) is 0.567. The first-order chi connectivity index (χ1) is 7.90. The van der Waals surface area contributed by atoms with E-state index in [1.165, 1.54) is 0 Å². The summed E-state index contributed by atoms with van der Waals surface area (Å²) in [6.07, 6.45) is -0.354. The van der Waals surface area contributed by atoms with E-state index in [-0.39, 0.29) is 18.1 Å². The van der Waals surface area contributed by atoms with Gasteiger partial charge in [-0.3, -0.25) is 0 Å². The van der Waals surface area contributed by atoms with Gasteiger partial charge in [-0.2, -0.15) is 0 Å². The summed E-state index contributed by atoms with van der Waals surface area (Å²) in [5, 5.41) is 3.92. The molecule has 1 amide bonds. The van der Waals surface area contributed by atoms with Gasteiger partial charge in [0.1, 0.15) is 5.60 Å². The molecule has 1 fully saturated rings. The molecule has 0 aromatic rings. The van der Waals surface area contributed by atoms with Crippen molar-refractivity contribution in [2.75, 3.05) is 19.6 Å². The monoisotopic (exact) mass is 241 g/mol. The van der Waals surface area contributed by atoms with E-state index in [0.717, 1.165) is 5.71 Å². The third kappa shape index (κ3) is 2.52. The lowest BCUT2D eigenvalue weighted by Crippen LogP contribution is -2.36. The van der Waals surface area contributed by atoms with Gasteiger partial charge in [-0.15, -0.1) is 0 Å². The van der Waals surface area contributed by atoms with Gasteiger partial charge in [0.05, 0.1) is 18.2 Å². The largest absolute Gasteiger partial charge is 0.444 e. The minimum Gasteiger partial charge on any atom is -0.444 e. The van der Waals surface area contributed by atoms with Crippen molar-refractivity contribution < 1.29 is 14.4 Å². The molecular weight excluding hydrogens is 222 g/mol. The molecule has 6 heteroatoms. The van der Waals surface area contributed by atoms with Crippen molar-refractivity contribution >= 4 is 11.8 Å². The van der Waals surface area contributed by atoms with E-state index < -0.39 is 5.60 Å². The van der Waals surface area contributed by atoms with E-state index in [9.17, 15) is 4.79 Å². The lowest BCUT2D eigenvalue weighted by molar-refractivity contribution is 0.0228. The molecule has 0 radical (unpaired) electrons. The maximum atomic E-state index is 11.9. The zero-order valence-electron chi connectivity index (χ0n) is 10.5. The van der Waals surface area contributed by atoms with Crippen LogP contribution in [0.2, 0.25) is 0 Å². The Morgan fingerprint density at radius 1 is 1.59 bits per heavy atom. The van der Waals surface area contributed by atoms with E-state index in [1.807, 2.05) is 20.8 Å². The average molecular weight is 241 g/mol. The summed E-state index contributed by atoms with van der Waals surface area (Å²) in [5.74, 6) is 0.132. The van der Waals surface area contributed by atoms with Crippen LogP contribution in [0.15, 0.2) is 5.16 Å². The number of nitrogens with two attached hydrogens (primary N) is 1. The summed E-state index contributed by atoms with van der Waals surface area (Å²) in [5.41, 5.74) is 5.93. The van der Waals surface area contributed by atoms with Crippen LogP contribution in [0.25, 0.3) is 0 Å². The fraction of sp³-hybridized carbons (Fsp3) is 0.818. The summed E-state index contributed by atoms with van der Waals surface area (Å²) in [7, 11) is 0. The van der Waals surface area contributed by atoms with E-state index in [2.05, 4.69) is 5.16 Å². The van der Waals surface area contributed by atoms with Crippen LogP contribution < -0.4 is 5.73 Å². The first kappa shape index (κ1) is 12.2. The second-order valence-electron chi connectivity index (χ2n) is 5.42. The highest BCUT2D eigenvalue weighted by Crippen LogP contribution is 2.27. The number of carbonyl (C=O) groups excluding carboxylic acids is 1. The highest BCUT2D eigenvalue weighted by atomic mass is 16.6. The molecular formula is C11H19N3O3. The van der Waals surface area contributed by atoms with Gasteiger partial charge < -0.3 is 20.2 Å². The van der Waals surface area contributed by atoms with E-state index >= 15 is 0 Å². The third-order valence-corrected chi connectivity index (χ3v) is 2.86. The molecule has 1 saturated heterocycles. The standard InChI is InChI=1S/C11H19N3O3/c1-11(2,3)16-10(15)14-5-7-8(4-12)13-17-9(7)6-14/h7,9H,4-6,12H2,1-3H3. The van der Waals surface area contributed by atoms with Crippen molar-refractivity contribution in [1.29, 1.82) is 0 Å². The number of likely N-dealkylation sites (tertiary alicyclic amines) is 1. The average Bonchev–Trinajstić information content (AvgIpc) is 2.72. The molecule has 2 aliphatic rings. The molecule has 0 aromatic heterocycles. The highest BCUT2D eigenvalue weighted by Gasteiger charge is 2.44. The summed E-state index contributed by atoms with van der Waals surface area (Å²) in [6, 6.07) is 0. The Morgan fingerprint density at radius 2 is 2.29 bits per heavy atom. The molecule has 6 nitrogen and oxygen atoms in total. The normalized spacial score (nSPS) is 27.5. The number of nitrogens with zero attached hydrogens (tertiary/aromatic N) is 2. The number of oxime groups is 1. The minimum atomic E-state index is -0.472. The Hall–Kier alpha value is -1.30. The van der Waals surface area contributed by atoms with Gasteiger partial charge in [-0.1, -0.05) is 5.16 Å². The van der Waals surface area contributed by atoms with Gasteiger partial charge in [0.25, 0.3) is 0 Å². The molecule has 2 N–H and O–H groups in total. The van der Waals surface area contributed by atoms with Crippen molar-refractivity contribution in [3.63, 3.8) is 0 Å². The maximum Gasteiger partial charge on any atom is 0.410 e. The highest BCUT2D eigenvalue weighted by molar-refractivity contribution is 5.90. The van der Waals surface area contributed by atoms with Crippen molar-refractivity contribution in [3.8, 4) is 0 Å². The smallest absolute Gasteiger partial charge is 0.410 e. The Bertz CT molecular complexity index is 348. The van der Waals surface area contributed by atoms with Crippen LogP contribution in [-0.4, -0.2) is 48.0 Å². The van der Waals surface area contributed by atoms with Crippen LogP contribution in [0.4, 0.5) is 4.79 Å². The molecule has 0 saturated carbocycles. The zero-order chi connectivity index (χ0) is 12.6. The lowest BCUT2D eigenvalue weighted by Gasteiger charge is -2.24. The first-order valence-electron chi connectivity index (χ1n) is 5.81. The Kier molecular flexibility index (Phi) is 2.99. The summed E-state index contributed by atoms with van der Waals surface area (Å²) < 4.78 is 5.32. The van der Waals surface area contributed by atoms with Gasteiger partial charge in [0, 0.05) is 13.1 Å². The van der Waals surface area contributed by atoms with Gasteiger partial charge in [-0.25, -0.2) is 4.79 Å². The number of carbonyl (C=O) groups is 1. The number of fused-ring (bicyclic) bond motifs is 1. The molecule has 0 aromatic carbocycles. The SMILES string of the molecule is CC(C)(C)OC(=O)N1CC2ON=C(CN)C2C1. The van der Waals surface area contributed by atoms with Crippen molar-refractivity contribution in [3.05, 3.63) is 0 Å². The van der Waals surface area contributed by atoms with Crippen LogP contribution in [0.1, 0.15) is 20.8 Å². The number of rotatable bonds is 1. The Balaban J connectivity index is 1.95. The number of hydrogen-bond acceptors (Lipinski definition) is 5. The van der Waals surface area contributed by atoms with Crippen LogP contribution in [0.3, 0.4) is 0 Å². The number of amides is 1. The van der Waals surface area contributed by atoms with Crippen LogP contribution in [0.5, 0.6) is 0 Å². The molecule has 2 unspecified atom stereocenters. The second-order valence-corrected chi connectivity index (χ2v) is 5.42. The Morgan fingerprint density at radius 3 is 2.88 bits per heavy atom. The van der Waals surface area contributed by atoms with E-state index in [4.69, 9.17) is 15.3 Å². The van der Waals surface area contributed by atoms with Gasteiger partial charge in [0.2, 0.25) is 0 Å². The van der Waals surface area contributed by atoms with Gasteiger partial charge in [0.15, 0.2) is 6.10 Å². The second kappa shape index (κ2) is 4.18. The molecule has 0 bridgehead atoms. The predicted molar refractivity (Wildman–Crippen MR) is 62.7 cm³/mol. The molecule has 0 spiro atoms. The molecule has 0 aliphatic carbocycles. The molecule has 2 aliphatic heterocycles. The topological polar surface area (TPSA) is 77.1 Å². The maximum absolute atomic E-state index is 11.9. The summed E-state index contributed by atoms with van der Waals surface area (Å²) >= 11 is 0. The number of hydrogen-bond donors (Lipinski definition) is 1.